The standard InChI is InChI=1S/C13H18N4OS/c1-9-11(19-8-14-9)5-6-17(2)7-12-15-16-13(18-12)10-3-4-10/h8,10H,3-7H2,1-2H3. The van der Waals surface area contributed by atoms with Crippen molar-refractivity contribution in [1.82, 2.24) is 20.1 Å². The van der Waals surface area contributed by atoms with Crippen LogP contribution in [0.1, 0.15) is 41.1 Å². The quantitative estimate of drug-likeness (QED) is 0.812. The molecule has 0 spiro atoms. The molecule has 102 valence electrons. The van der Waals surface area contributed by atoms with Gasteiger partial charge in [-0.1, -0.05) is 0 Å². The van der Waals surface area contributed by atoms with Crippen molar-refractivity contribution in [1.29, 1.82) is 0 Å². The Morgan fingerprint density at radius 3 is 2.95 bits per heavy atom. The second-order valence-electron chi connectivity index (χ2n) is 5.16. The molecule has 2 aromatic heterocycles. The molecule has 2 heterocycles. The molecule has 0 atom stereocenters. The van der Waals surface area contributed by atoms with E-state index in [0.29, 0.717) is 5.92 Å². The van der Waals surface area contributed by atoms with Gasteiger partial charge in [-0.05, 0) is 33.2 Å². The van der Waals surface area contributed by atoms with Crippen LogP contribution < -0.4 is 0 Å². The lowest BCUT2D eigenvalue weighted by Gasteiger charge is -2.13. The summed E-state index contributed by atoms with van der Waals surface area (Å²) in [6.07, 6.45) is 3.42. The van der Waals surface area contributed by atoms with E-state index in [-0.39, 0.29) is 0 Å². The van der Waals surface area contributed by atoms with Gasteiger partial charge in [0.25, 0.3) is 0 Å². The molecule has 0 amide bonds. The maximum absolute atomic E-state index is 5.67. The number of likely N-dealkylation sites (N-methyl/N-ethyl adjacent to an activating group) is 1. The van der Waals surface area contributed by atoms with E-state index in [4.69, 9.17) is 4.42 Å². The van der Waals surface area contributed by atoms with Crippen LogP contribution in [0, 0.1) is 6.92 Å². The first-order valence-electron chi connectivity index (χ1n) is 6.62. The number of thiazole rings is 1. The highest BCUT2D eigenvalue weighted by Gasteiger charge is 2.29. The minimum absolute atomic E-state index is 0.534. The van der Waals surface area contributed by atoms with E-state index in [1.807, 2.05) is 5.51 Å². The van der Waals surface area contributed by atoms with Crippen LogP contribution in [-0.2, 0) is 13.0 Å². The molecule has 2 aromatic rings. The fourth-order valence-electron chi connectivity index (χ4n) is 1.99. The molecule has 6 heteroatoms. The first kappa shape index (κ1) is 12.7. The highest BCUT2D eigenvalue weighted by molar-refractivity contribution is 7.09. The van der Waals surface area contributed by atoms with E-state index in [1.54, 1.807) is 11.3 Å². The average Bonchev–Trinajstić information content (AvgIpc) is 3.01. The number of nitrogens with zero attached hydrogens (tertiary/aromatic N) is 4. The molecule has 0 radical (unpaired) electrons. The lowest BCUT2D eigenvalue weighted by atomic mass is 10.3. The molecule has 1 aliphatic rings. The summed E-state index contributed by atoms with van der Waals surface area (Å²) in [5.74, 6) is 2.08. The minimum Gasteiger partial charge on any atom is -0.424 e. The lowest BCUT2D eigenvalue weighted by Crippen LogP contribution is -2.20. The zero-order valence-corrected chi connectivity index (χ0v) is 12.1. The normalized spacial score (nSPS) is 15.3. The number of hydrogen-bond acceptors (Lipinski definition) is 6. The van der Waals surface area contributed by atoms with Gasteiger partial charge in [0.2, 0.25) is 11.8 Å². The summed E-state index contributed by atoms with van der Waals surface area (Å²) < 4.78 is 5.67. The van der Waals surface area contributed by atoms with Crippen LogP contribution in [0.5, 0.6) is 0 Å². The Bertz CT molecular complexity index is 546. The van der Waals surface area contributed by atoms with Crippen LogP contribution in [0.4, 0.5) is 0 Å². The Morgan fingerprint density at radius 2 is 2.26 bits per heavy atom. The largest absolute Gasteiger partial charge is 0.424 e. The van der Waals surface area contributed by atoms with Crippen molar-refractivity contribution in [3.8, 4) is 0 Å². The van der Waals surface area contributed by atoms with Gasteiger partial charge in [-0.2, -0.15) is 0 Å². The molecule has 0 saturated heterocycles. The van der Waals surface area contributed by atoms with E-state index < -0.39 is 0 Å². The number of hydrogen-bond donors (Lipinski definition) is 0. The summed E-state index contributed by atoms with van der Waals surface area (Å²) in [6, 6.07) is 0. The summed E-state index contributed by atoms with van der Waals surface area (Å²) in [7, 11) is 2.08. The highest BCUT2D eigenvalue weighted by atomic mass is 32.1. The Morgan fingerprint density at radius 1 is 1.42 bits per heavy atom. The van der Waals surface area contributed by atoms with Gasteiger partial charge in [0.1, 0.15) is 0 Å². The van der Waals surface area contributed by atoms with E-state index in [9.17, 15) is 0 Å². The fraction of sp³-hybridized carbons (Fsp3) is 0.615. The Labute approximate surface area is 116 Å². The van der Waals surface area contributed by atoms with Gasteiger partial charge in [0.05, 0.1) is 17.7 Å². The molecule has 5 nitrogen and oxygen atoms in total. The fourth-order valence-corrected chi connectivity index (χ4v) is 2.76. The van der Waals surface area contributed by atoms with Gasteiger partial charge in [-0.3, -0.25) is 4.90 Å². The molecular weight excluding hydrogens is 260 g/mol. The monoisotopic (exact) mass is 278 g/mol. The van der Waals surface area contributed by atoms with Gasteiger partial charge in [0.15, 0.2) is 0 Å². The summed E-state index contributed by atoms with van der Waals surface area (Å²) in [6.45, 7) is 3.76. The SMILES string of the molecule is Cc1ncsc1CCN(C)Cc1nnc(C2CC2)o1. The van der Waals surface area contributed by atoms with Crippen molar-refractivity contribution in [2.24, 2.45) is 0 Å². The smallest absolute Gasteiger partial charge is 0.230 e. The van der Waals surface area contributed by atoms with Crippen molar-refractivity contribution in [3.05, 3.63) is 27.9 Å². The molecule has 1 aliphatic carbocycles. The predicted octanol–water partition coefficient (Wildman–Crippen LogP) is 2.39. The molecule has 19 heavy (non-hydrogen) atoms. The third kappa shape index (κ3) is 3.19. The molecule has 3 rings (SSSR count). The van der Waals surface area contributed by atoms with Crippen molar-refractivity contribution >= 4 is 11.3 Å². The molecule has 0 unspecified atom stereocenters. The Kier molecular flexibility index (Phi) is 3.61. The van der Waals surface area contributed by atoms with Crippen molar-refractivity contribution in [2.45, 2.75) is 38.6 Å². The number of rotatable bonds is 6. The zero-order chi connectivity index (χ0) is 13.2. The van der Waals surface area contributed by atoms with E-state index in [2.05, 4.69) is 34.1 Å². The van der Waals surface area contributed by atoms with Crippen molar-refractivity contribution in [2.75, 3.05) is 13.6 Å². The third-order valence-electron chi connectivity index (χ3n) is 3.38. The molecule has 1 saturated carbocycles. The summed E-state index contributed by atoms with van der Waals surface area (Å²) in [5.41, 5.74) is 3.05. The summed E-state index contributed by atoms with van der Waals surface area (Å²) in [5, 5.41) is 8.22. The van der Waals surface area contributed by atoms with Gasteiger partial charge in [-0.15, -0.1) is 21.5 Å². The average molecular weight is 278 g/mol. The highest BCUT2D eigenvalue weighted by Crippen LogP contribution is 2.39. The first-order chi connectivity index (χ1) is 9.22. The minimum atomic E-state index is 0.534. The maximum atomic E-state index is 5.67. The molecule has 0 aromatic carbocycles. The van der Waals surface area contributed by atoms with Crippen LogP contribution in [0.25, 0.3) is 0 Å². The van der Waals surface area contributed by atoms with Crippen LogP contribution in [0.3, 0.4) is 0 Å². The predicted molar refractivity (Wildman–Crippen MR) is 73.2 cm³/mol. The third-order valence-corrected chi connectivity index (χ3v) is 4.37. The Hall–Kier alpha value is -1.27. The summed E-state index contributed by atoms with van der Waals surface area (Å²) in [4.78, 5) is 7.84. The Balaban J connectivity index is 1.50. The van der Waals surface area contributed by atoms with E-state index >= 15 is 0 Å². The molecular formula is C13H18N4OS. The number of aryl methyl sites for hydroxylation is 1. The molecule has 0 N–H and O–H groups in total. The zero-order valence-electron chi connectivity index (χ0n) is 11.3. The van der Waals surface area contributed by atoms with Crippen molar-refractivity contribution in [3.63, 3.8) is 0 Å². The lowest BCUT2D eigenvalue weighted by molar-refractivity contribution is 0.287. The molecule has 0 bridgehead atoms. The van der Waals surface area contributed by atoms with Crippen LogP contribution in [0.2, 0.25) is 0 Å². The van der Waals surface area contributed by atoms with Crippen molar-refractivity contribution < 1.29 is 4.42 Å². The second-order valence-corrected chi connectivity index (χ2v) is 6.10. The van der Waals surface area contributed by atoms with Gasteiger partial charge in [0, 0.05) is 17.3 Å². The number of aromatic nitrogens is 3. The summed E-state index contributed by atoms with van der Waals surface area (Å²) >= 11 is 1.72. The maximum Gasteiger partial charge on any atom is 0.230 e. The first-order valence-corrected chi connectivity index (χ1v) is 7.50. The van der Waals surface area contributed by atoms with Crippen LogP contribution in [-0.4, -0.2) is 33.7 Å². The van der Waals surface area contributed by atoms with Gasteiger partial charge >= 0.3 is 0 Å². The second kappa shape index (κ2) is 5.38. The van der Waals surface area contributed by atoms with Gasteiger partial charge in [-0.25, -0.2) is 4.98 Å². The van der Waals surface area contributed by atoms with Crippen LogP contribution >= 0.6 is 11.3 Å². The van der Waals surface area contributed by atoms with E-state index in [1.165, 1.54) is 17.7 Å². The van der Waals surface area contributed by atoms with Crippen LogP contribution in [0.15, 0.2) is 9.93 Å². The molecule has 1 fully saturated rings. The van der Waals surface area contributed by atoms with E-state index in [0.717, 1.165) is 37.0 Å². The topological polar surface area (TPSA) is 55.1 Å². The van der Waals surface area contributed by atoms with Gasteiger partial charge < -0.3 is 4.42 Å². The molecule has 0 aliphatic heterocycles.